The van der Waals surface area contributed by atoms with Crippen LogP contribution in [0.2, 0.25) is 0 Å². The molecule has 1 unspecified atom stereocenters. The molecule has 0 aliphatic rings. The Labute approximate surface area is 106 Å². The van der Waals surface area contributed by atoms with Crippen LogP contribution in [0.15, 0.2) is 17.0 Å². The minimum absolute atomic E-state index is 0.170. The minimum Gasteiger partial charge on any atom is -0.399 e. The highest BCUT2D eigenvalue weighted by molar-refractivity contribution is 7.89. The van der Waals surface area contributed by atoms with E-state index in [1.165, 1.54) is 13.0 Å². The molecule has 0 bridgehead atoms. The van der Waals surface area contributed by atoms with Crippen LogP contribution in [0.5, 0.6) is 0 Å². The first-order valence-corrected chi connectivity index (χ1v) is 6.84. The number of rotatable bonds is 4. The SMILES string of the molecule is C#CC(CC)NS(=O)(=O)c1cc(N)cc(C)c1F. The number of hydrogen-bond acceptors (Lipinski definition) is 3. The Kier molecular flexibility index (Phi) is 4.33. The third-order valence-corrected chi connectivity index (χ3v) is 3.91. The number of terminal acetylenes is 1. The maximum Gasteiger partial charge on any atom is 0.244 e. The standard InChI is InChI=1S/C12H15FN2O2S/c1-4-10(5-2)15-18(16,17)11-7-9(14)6-8(3)12(11)13/h1,6-7,10,15H,5,14H2,2-3H3. The summed E-state index contributed by atoms with van der Waals surface area (Å²) >= 11 is 0. The summed E-state index contributed by atoms with van der Waals surface area (Å²) in [5, 5.41) is 0. The highest BCUT2D eigenvalue weighted by Gasteiger charge is 2.23. The van der Waals surface area contributed by atoms with Crippen LogP contribution in [0.1, 0.15) is 18.9 Å². The number of halogens is 1. The van der Waals surface area contributed by atoms with E-state index >= 15 is 0 Å². The molecule has 18 heavy (non-hydrogen) atoms. The summed E-state index contributed by atoms with van der Waals surface area (Å²) in [5.74, 6) is 1.47. The van der Waals surface area contributed by atoms with Crippen LogP contribution in [0, 0.1) is 25.1 Å². The summed E-state index contributed by atoms with van der Waals surface area (Å²) in [6.45, 7) is 3.18. The van der Waals surface area contributed by atoms with Gasteiger partial charge in [-0.2, -0.15) is 4.72 Å². The highest BCUT2D eigenvalue weighted by Crippen LogP contribution is 2.21. The lowest BCUT2D eigenvalue weighted by atomic mass is 10.2. The van der Waals surface area contributed by atoms with E-state index in [1.54, 1.807) is 6.92 Å². The lowest BCUT2D eigenvalue weighted by molar-refractivity contribution is 0.546. The molecule has 0 aliphatic heterocycles. The summed E-state index contributed by atoms with van der Waals surface area (Å²) in [7, 11) is -4.01. The maximum absolute atomic E-state index is 13.8. The second kappa shape index (κ2) is 5.38. The fourth-order valence-electron chi connectivity index (χ4n) is 1.45. The van der Waals surface area contributed by atoms with Crippen molar-refractivity contribution in [3.05, 3.63) is 23.5 Å². The molecular formula is C12H15FN2O2S. The molecule has 4 nitrogen and oxygen atoms in total. The Morgan fingerprint density at radius 2 is 2.17 bits per heavy atom. The van der Waals surface area contributed by atoms with Crippen LogP contribution in [-0.2, 0) is 10.0 Å². The van der Waals surface area contributed by atoms with Gasteiger partial charge in [-0.25, -0.2) is 12.8 Å². The number of aryl methyl sites for hydroxylation is 1. The molecule has 0 heterocycles. The van der Waals surface area contributed by atoms with Crippen molar-refractivity contribution in [2.75, 3.05) is 5.73 Å². The molecule has 0 spiro atoms. The molecule has 6 heteroatoms. The van der Waals surface area contributed by atoms with Crippen LogP contribution in [0.3, 0.4) is 0 Å². The van der Waals surface area contributed by atoms with E-state index in [-0.39, 0.29) is 11.3 Å². The minimum atomic E-state index is -4.01. The lowest BCUT2D eigenvalue weighted by Gasteiger charge is -2.13. The average molecular weight is 270 g/mol. The molecule has 1 atom stereocenters. The number of nitrogens with one attached hydrogen (secondary N) is 1. The van der Waals surface area contributed by atoms with Gasteiger partial charge in [0.25, 0.3) is 0 Å². The number of nitrogens with two attached hydrogens (primary N) is 1. The Balaban J connectivity index is 3.26. The number of benzene rings is 1. The van der Waals surface area contributed by atoms with Gasteiger partial charge in [-0.15, -0.1) is 6.42 Å². The molecule has 0 fully saturated rings. The van der Waals surface area contributed by atoms with Gasteiger partial charge in [-0.05, 0) is 31.0 Å². The summed E-state index contributed by atoms with van der Waals surface area (Å²) in [4.78, 5) is -0.478. The van der Waals surface area contributed by atoms with E-state index in [4.69, 9.17) is 12.2 Å². The molecule has 3 N–H and O–H groups in total. The van der Waals surface area contributed by atoms with Crippen molar-refractivity contribution in [3.8, 4) is 12.3 Å². The van der Waals surface area contributed by atoms with Crippen LogP contribution >= 0.6 is 0 Å². The normalized spacial score (nSPS) is 13.0. The van der Waals surface area contributed by atoms with Gasteiger partial charge in [0.1, 0.15) is 10.7 Å². The van der Waals surface area contributed by atoms with Gasteiger partial charge >= 0.3 is 0 Å². The smallest absolute Gasteiger partial charge is 0.244 e. The van der Waals surface area contributed by atoms with Crippen molar-refractivity contribution >= 4 is 15.7 Å². The zero-order chi connectivity index (χ0) is 13.9. The van der Waals surface area contributed by atoms with Gasteiger partial charge in [0.2, 0.25) is 10.0 Å². The third kappa shape index (κ3) is 3.00. The van der Waals surface area contributed by atoms with E-state index in [2.05, 4.69) is 10.6 Å². The monoisotopic (exact) mass is 270 g/mol. The van der Waals surface area contributed by atoms with Crippen molar-refractivity contribution in [2.24, 2.45) is 0 Å². The van der Waals surface area contributed by atoms with Gasteiger partial charge in [0.05, 0.1) is 6.04 Å². The van der Waals surface area contributed by atoms with Gasteiger partial charge in [-0.1, -0.05) is 12.8 Å². The van der Waals surface area contributed by atoms with Crippen LogP contribution in [0.25, 0.3) is 0 Å². The first kappa shape index (κ1) is 14.5. The molecule has 98 valence electrons. The maximum atomic E-state index is 13.8. The second-order valence-corrected chi connectivity index (χ2v) is 5.58. The highest BCUT2D eigenvalue weighted by atomic mass is 32.2. The first-order valence-electron chi connectivity index (χ1n) is 5.36. The predicted molar refractivity (Wildman–Crippen MR) is 68.8 cm³/mol. The summed E-state index contributed by atoms with van der Waals surface area (Å²) in [5.41, 5.74) is 5.88. The molecule has 0 aromatic heterocycles. The molecule has 1 aromatic carbocycles. The largest absolute Gasteiger partial charge is 0.399 e. The van der Waals surface area contributed by atoms with E-state index < -0.39 is 26.8 Å². The van der Waals surface area contributed by atoms with E-state index in [1.807, 2.05) is 0 Å². The molecule has 0 saturated carbocycles. The number of nitrogen functional groups attached to an aromatic ring is 1. The van der Waals surface area contributed by atoms with Crippen molar-refractivity contribution in [2.45, 2.75) is 31.2 Å². The molecule has 0 aliphatic carbocycles. The van der Waals surface area contributed by atoms with Crippen LogP contribution in [-0.4, -0.2) is 14.5 Å². The lowest BCUT2D eigenvalue weighted by Crippen LogP contribution is -2.33. The Morgan fingerprint density at radius 3 is 2.67 bits per heavy atom. The van der Waals surface area contributed by atoms with Gasteiger partial charge in [-0.3, -0.25) is 0 Å². The Hall–Kier alpha value is -1.58. The van der Waals surface area contributed by atoms with Gasteiger partial charge < -0.3 is 5.73 Å². The van der Waals surface area contributed by atoms with E-state index in [0.29, 0.717) is 6.42 Å². The number of hydrogen-bond donors (Lipinski definition) is 2. The molecule has 1 rings (SSSR count). The fraction of sp³-hybridized carbons (Fsp3) is 0.333. The van der Waals surface area contributed by atoms with Crippen LogP contribution < -0.4 is 10.5 Å². The first-order chi connectivity index (χ1) is 8.31. The van der Waals surface area contributed by atoms with E-state index in [9.17, 15) is 12.8 Å². The molecule has 1 aromatic rings. The topological polar surface area (TPSA) is 72.2 Å². The summed E-state index contributed by atoms with van der Waals surface area (Å²) in [6.07, 6.45) is 5.59. The van der Waals surface area contributed by atoms with Crippen molar-refractivity contribution in [1.29, 1.82) is 0 Å². The van der Waals surface area contributed by atoms with E-state index in [0.717, 1.165) is 6.07 Å². The number of anilines is 1. The quantitative estimate of drug-likeness (QED) is 0.642. The zero-order valence-electron chi connectivity index (χ0n) is 10.2. The molecule has 0 amide bonds. The zero-order valence-corrected chi connectivity index (χ0v) is 11.0. The molecule has 0 saturated heterocycles. The van der Waals surface area contributed by atoms with Gasteiger partial charge in [0, 0.05) is 5.69 Å². The Bertz CT molecular complexity index is 591. The second-order valence-electron chi connectivity index (χ2n) is 3.90. The van der Waals surface area contributed by atoms with Crippen LogP contribution in [0.4, 0.5) is 10.1 Å². The summed E-state index contributed by atoms with van der Waals surface area (Å²) in [6, 6.07) is 1.77. The van der Waals surface area contributed by atoms with Gasteiger partial charge in [0.15, 0.2) is 0 Å². The molecule has 0 radical (unpaired) electrons. The third-order valence-electron chi connectivity index (χ3n) is 2.44. The predicted octanol–water partition coefficient (Wildman–Crippen LogP) is 1.41. The fourth-order valence-corrected chi connectivity index (χ4v) is 2.87. The van der Waals surface area contributed by atoms with Crippen molar-refractivity contribution in [1.82, 2.24) is 4.72 Å². The molecular weight excluding hydrogens is 255 g/mol. The summed E-state index contributed by atoms with van der Waals surface area (Å²) < 4.78 is 40.0. The van der Waals surface area contributed by atoms with Crippen molar-refractivity contribution in [3.63, 3.8) is 0 Å². The average Bonchev–Trinajstić information content (AvgIpc) is 2.30. The number of sulfonamides is 1. The Morgan fingerprint density at radius 1 is 1.56 bits per heavy atom. The van der Waals surface area contributed by atoms with Crippen molar-refractivity contribution < 1.29 is 12.8 Å².